The van der Waals surface area contributed by atoms with Crippen LogP contribution in [0.5, 0.6) is 0 Å². The number of ether oxygens (including phenoxy) is 1. The highest BCUT2D eigenvalue weighted by Gasteiger charge is 2.16. The molecule has 0 aliphatic rings. The third-order valence-corrected chi connectivity index (χ3v) is 2.60. The molecule has 3 nitrogen and oxygen atoms in total. The van der Waals surface area contributed by atoms with Gasteiger partial charge in [-0.3, -0.25) is 4.79 Å². The van der Waals surface area contributed by atoms with Crippen LogP contribution >= 0.6 is 0 Å². The number of carbonyl (C=O) groups is 1. The zero-order chi connectivity index (χ0) is 12.1. The summed E-state index contributed by atoms with van der Waals surface area (Å²) in [6, 6.07) is 7.79. The van der Waals surface area contributed by atoms with Gasteiger partial charge < -0.3 is 10.5 Å². The molecule has 1 rings (SSSR count). The van der Waals surface area contributed by atoms with Crippen LogP contribution in [0, 0.1) is 0 Å². The summed E-state index contributed by atoms with van der Waals surface area (Å²) < 4.78 is 4.97. The van der Waals surface area contributed by atoms with Crippen LogP contribution in [0.1, 0.15) is 43.9 Å². The van der Waals surface area contributed by atoms with E-state index in [2.05, 4.69) is 0 Å². The Balaban J connectivity index is 2.77. The molecule has 0 heterocycles. The molecule has 0 aliphatic heterocycles. The predicted molar refractivity (Wildman–Crippen MR) is 64.1 cm³/mol. The van der Waals surface area contributed by atoms with Crippen molar-refractivity contribution >= 4 is 5.97 Å². The fraction of sp³-hybridized carbons (Fsp3) is 0.462. The highest BCUT2D eigenvalue weighted by atomic mass is 16.5. The van der Waals surface area contributed by atoms with Crippen LogP contribution in [-0.2, 0) is 9.53 Å². The molecule has 88 valence electrons. The smallest absolute Gasteiger partial charge is 0.313 e. The molecule has 1 aromatic carbocycles. The van der Waals surface area contributed by atoms with Crippen LogP contribution < -0.4 is 5.73 Å². The second kappa shape index (κ2) is 5.66. The van der Waals surface area contributed by atoms with E-state index >= 15 is 0 Å². The number of nitrogens with two attached hydrogens (primary N) is 1. The molecule has 3 heteroatoms. The molecule has 0 saturated heterocycles. The summed E-state index contributed by atoms with van der Waals surface area (Å²) in [5.41, 5.74) is 7.79. The SMILES string of the molecule is CCOC(=O)C(C)c1ccc([C@@H](C)N)cc1. The first-order valence-electron chi connectivity index (χ1n) is 5.58. The summed E-state index contributed by atoms with van der Waals surface area (Å²) in [5, 5.41) is 0. The van der Waals surface area contributed by atoms with E-state index in [1.165, 1.54) is 0 Å². The lowest BCUT2D eigenvalue weighted by molar-refractivity contribution is -0.144. The van der Waals surface area contributed by atoms with Crippen molar-refractivity contribution < 1.29 is 9.53 Å². The van der Waals surface area contributed by atoms with Crippen molar-refractivity contribution in [2.45, 2.75) is 32.7 Å². The second-order valence-corrected chi connectivity index (χ2v) is 3.93. The zero-order valence-corrected chi connectivity index (χ0v) is 10.1. The largest absolute Gasteiger partial charge is 0.466 e. The van der Waals surface area contributed by atoms with E-state index in [-0.39, 0.29) is 17.9 Å². The maximum atomic E-state index is 11.5. The summed E-state index contributed by atoms with van der Waals surface area (Å²) in [6.45, 7) is 6.01. The molecule has 0 bridgehead atoms. The van der Waals surface area contributed by atoms with Gasteiger partial charge in [-0.05, 0) is 31.9 Å². The van der Waals surface area contributed by atoms with E-state index in [0.29, 0.717) is 6.61 Å². The summed E-state index contributed by atoms with van der Waals surface area (Å²) >= 11 is 0. The van der Waals surface area contributed by atoms with Crippen molar-refractivity contribution in [1.29, 1.82) is 0 Å². The summed E-state index contributed by atoms with van der Waals surface area (Å²) in [7, 11) is 0. The van der Waals surface area contributed by atoms with Gasteiger partial charge in [0.2, 0.25) is 0 Å². The lowest BCUT2D eigenvalue weighted by Crippen LogP contribution is -2.13. The van der Waals surface area contributed by atoms with Crippen molar-refractivity contribution in [2.75, 3.05) is 6.61 Å². The minimum Gasteiger partial charge on any atom is -0.466 e. The molecular weight excluding hydrogens is 202 g/mol. The lowest BCUT2D eigenvalue weighted by atomic mass is 9.98. The molecule has 0 fully saturated rings. The van der Waals surface area contributed by atoms with Crippen LogP contribution in [0.2, 0.25) is 0 Å². The average Bonchev–Trinajstić information content (AvgIpc) is 2.28. The van der Waals surface area contributed by atoms with Gasteiger partial charge in [-0.15, -0.1) is 0 Å². The Bertz CT molecular complexity index is 343. The molecule has 0 aliphatic carbocycles. The van der Waals surface area contributed by atoms with E-state index in [0.717, 1.165) is 11.1 Å². The standard InChI is InChI=1S/C13H19NO2/c1-4-16-13(15)9(2)11-5-7-12(8-6-11)10(3)14/h5-10H,4,14H2,1-3H3/t9?,10-/m1/s1. The Morgan fingerprint density at radius 3 is 2.19 bits per heavy atom. The predicted octanol–water partition coefficient (Wildman–Crippen LogP) is 2.37. The minimum atomic E-state index is -0.220. The number of hydrogen-bond acceptors (Lipinski definition) is 3. The minimum absolute atomic E-state index is 0.0203. The number of esters is 1. The van der Waals surface area contributed by atoms with Gasteiger partial charge in [-0.1, -0.05) is 24.3 Å². The highest BCUT2D eigenvalue weighted by molar-refractivity contribution is 5.77. The highest BCUT2D eigenvalue weighted by Crippen LogP contribution is 2.19. The molecule has 16 heavy (non-hydrogen) atoms. The first-order chi connectivity index (χ1) is 7.56. The molecule has 0 saturated carbocycles. The fourth-order valence-electron chi connectivity index (χ4n) is 1.49. The monoisotopic (exact) mass is 221 g/mol. The number of benzene rings is 1. The first kappa shape index (κ1) is 12.7. The second-order valence-electron chi connectivity index (χ2n) is 3.93. The maximum Gasteiger partial charge on any atom is 0.313 e. The van der Waals surface area contributed by atoms with Crippen LogP contribution in [-0.4, -0.2) is 12.6 Å². The lowest BCUT2D eigenvalue weighted by Gasteiger charge is -2.12. The molecule has 1 aromatic rings. The Morgan fingerprint density at radius 2 is 1.75 bits per heavy atom. The van der Waals surface area contributed by atoms with E-state index in [1.54, 1.807) is 0 Å². The third kappa shape index (κ3) is 3.07. The van der Waals surface area contributed by atoms with Gasteiger partial charge in [-0.2, -0.15) is 0 Å². The van der Waals surface area contributed by atoms with E-state index in [1.807, 2.05) is 45.0 Å². The van der Waals surface area contributed by atoms with E-state index in [4.69, 9.17) is 10.5 Å². The normalized spacial score (nSPS) is 14.2. The first-order valence-corrected chi connectivity index (χ1v) is 5.58. The summed E-state index contributed by atoms with van der Waals surface area (Å²) in [5.74, 6) is -0.405. The van der Waals surface area contributed by atoms with Gasteiger partial charge in [0.05, 0.1) is 12.5 Å². The van der Waals surface area contributed by atoms with Crippen LogP contribution in [0.4, 0.5) is 0 Å². The Kier molecular flexibility index (Phi) is 4.50. The van der Waals surface area contributed by atoms with Crippen molar-refractivity contribution in [2.24, 2.45) is 5.73 Å². The quantitative estimate of drug-likeness (QED) is 0.794. The van der Waals surface area contributed by atoms with E-state index < -0.39 is 0 Å². The number of carbonyl (C=O) groups excluding carboxylic acids is 1. The van der Waals surface area contributed by atoms with Crippen molar-refractivity contribution in [1.82, 2.24) is 0 Å². The van der Waals surface area contributed by atoms with Crippen LogP contribution in [0.3, 0.4) is 0 Å². The van der Waals surface area contributed by atoms with Gasteiger partial charge >= 0.3 is 5.97 Å². The molecule has 2 atom stereocenters. The average molecular weight is 221 g/mol. The molecule has 2 N–H and O–H groups in total. The molecular formula is C13H19NO2. The van der Waals surface area contributed by atoms with Crippen molar-refractivity contribution in [3.63, 3.8) is 0 Å². The van der Waals surface area contributed by atoms with Crippen molar-refractivity contribution in [3.05, 3.63) is 35.4 Å². The molecule has 1 unspecified atom stereocenters. The van der Waals surface area contributed by atoms with Crippen molar-refractivity contribution in [3.8, 4) is 0 Å². The Morgan fingerprint density at radius 1 is 1.25 bits per heavy atom. The summed E-state index contributed by atoms with van der Waals surface area (Å²) in [4.78, 5) is 11.5. The van der Waals surface area contributed by atoms with E-state index in [9.17, 15) is 4.79 Å². The molecule has 0 aromatic heterocycles. The molecule has 0 radical (unpaired) electrons. The number of hydrogen-bond donors (Lipinski definition) is 1. The van der Waals surface area contributed by atoms with Gasteiger partial charge in [-0.25, -0.2) is 0 Å². The van der Waals surface area contributed by atoms with Crippen LogP contribution in [0.15, 0.2) is 24.3 Å². The fourth-order valence-corrected chi connectivity index (χ4v) is 1.49. The van der Waals surface area contributed by atoms with Crippen LogP contribution in [0.25, 0.3) is 0 Å². The molecule has 0 spiro atoms. The Hall–Kier alpha value is -1.35. The van der Waals surface area contributed by atoms with Gasteiger partial charge in [0.25, 0.3) is 0 Å². The van der Waals surface area contributed by atoms with Gasteiger partial charge in [0.1, 0.15) is 0 Å². The Labute approximate surface area is 96.6 Å². The third-order valence-electron chi connectivity index (χ3n) is 2.60. The maximum absolute atomic E-state index is 11.5. The summed E-state index contributed by atoms with van der Waals surface area (Å²) in [6.07, 6.45) is 0. The van der Waals surface area contributed by atoms with Gasteiger partial charge in [0.15, 0.2) is 0 Å². The molecule has 0 amide bonds. The van der Waals surface area contributed by atoms with Gasteiger partial charge in [0, 0.05) is 6.04 Å². The zero-order valence-electron chi connectivity index (χ0n) is 10.1. The number of rotatable bonds is 4. The topological polar surface area (TPSA) is 52.3 Å².